The van der Waals surface area contributed by atoms with Crippen LogP contribution in [-0.4, -0.2) is 11.1 Å². The summed E-state index contributed by atoms with van der Waals surface area (Å²) in [7, 11) is 0. The number of hydrogen-bond acceptors (Lipinski definition) is 2. The molecule has 1 atom stereocenters. The highest BCUT2D eigenvalue weighted by molar-refractivity contribution is 5.70. The van der Waals surface area contributed by atoms with Crippen molar-refractivity contribution in [2.75, 3.05) is 0 Å². The van der Waals surface area contributed by atoms with Crippen LogP contribution < -0.4 is 0 Å². The molecule has 0 aromatic heterocycles. The number of rotatable bonds is 3. The van der Waals surface area contributed by atoms with Crippen LogP contribution in [0.3, 0.4) is 0 Å². The van der Waals surface area contributed by atoms with Crippen LogP contribution in [0.15, 0.2) is 35.6 Å². The molecule has 1 aliphatic rings. The quantitative estimate of drug-likeness (QED) is 0.877. The molecule has 0 saturated heterocycles. The van der Waals surface area contributed by atoms with Gasteiger partial charge in [-0.15, -0.1) is 0 Å². The molecule has 2 rings (SSSR count). The molecule has 0 bridgehead atoms. The summed E-state index contributed by atoms with van der Waals surface area (Å²) in [5.74, 6) is -0.480. The minimum absolute atomic E-state index is 0.00350. The van der Waals surface area contributed by atoms with Gasteiger partial charge in [0.1, 0.15) is 11.9 Å². The highest BCUT2D eigenvalue weighted by atomic mass is 19.1. The highest BCUT2D eigenvalue weighted by Gasteiger charge is 2.25. The number of aliphatic carboxylic acids is 1. The third-order valence-electron chi connectivity index (χ3n) is 2.86. The van der Waals surface area contributed by atoms with Crippen LogP contribution in [0.5, 0.6) is 0 Å². The number of carboxylic acid groups (broad SMARTS) is 1. The molecule has 0 unspecified atom stereocenters. The zero-order valence-corrected chi connectivity index (χ0v) is 9.44. The summed E-state index contributed by atoms with van der Waals surface area (Å²) in [6, 6.07) is 6.08. The summed E-state index contributed by atoms with van der Waals surface area (Å²) >= 11 is 0. The van der Waals surface area contributed by atoms with Crippen LogP contribution >= 0.6 is 0 Å². The molecule has 0 radical (unpaired) electrons. The molecule has 0 fully saturated rings. The Labute approximate surface area is 98.5 Å². The SMILES string of the molecule is CC1=C(CC(=O)O)C[C@H](c2ccc(F)cc2)O1. The average Bonchev–Trinajstić information content (AvgIpc) is 2.60. The van der Waals surface area contributed by atoms with Crippen LogP contribution in [0.4, 0.5) is 4.39 Å². The number of carbonyl (C=O) groups is 1. The number of benzene rings is 1. The van der Waals surface area contributed by atoms with Gasteiger partial charge in [-0.05, 0) is 30.2 Å². The Bertz CT molecular complexity index is 462. The van der Waals surface area contributed by atoms with Crippen molar-refractivity contribution < 1.29 is 19.0 Å². The molecule has 1 N–H and O–H groups in total. The lowest BCUT2D eigenvalue weighted by molar-refractivity contribution is -0.136. The normalized spacial score (nSPS) is 19.3. The molecule has 0 saturated carbocycles. The number of ether oxygens (including phenoxy) is 1. The topological polar surface area (TPSA) is 46.5 Å². The monoisotopic (exact) mass is 236 g/mol. The van der Waals surface area contributed by atoms with Gasteiger partial charge in [-0.1, -0.05) is 12.1 Å². The summed E-state index contributed by atoms with van der Waals surface area (Å²) in [6.07, 6.45) is 0.373. The van der Waals surface area contributed by atoms with Crippen molar-refractivity contribution in [3.8, 4) is 0 Å². The maximum Gasteiger partial charge on any atom is 0.307 e. The largest absolute Gasteiger partial charge is 0.490 e. The van der Waals surface area contributed by atoms with Crippen molar-refractivity contribution in [3.05, 3.63) is 47.0 Å². The first-order valence-electron chi connectivity index (χ1n) is 5.39. The second kappa shape index (κ2) is 4.57. The molecule has 90 valence electrons. The van der Waals surface area contributed by atoms with E-state index in [1.807, 2.05) is 0 Å². The van der Waals surface area contributed by atoms with Gasteiger partial charge in [-0.3, -0.25) is 4.79 Å². The van der Waals surface area contributed by atoms with Crippen LogP contribution in [0.25, 0.3) is 0 Å². The van der Waals surface area contributed by atoms with E-state index in [1.54, 1.807) is 19.1 Å². The zero-order chi connectivity index (χ0) is 12.4. The third-order valence-corrected chi connectivity index (χ3v) is 2.86. The summed E-state index contributed by atoms with van der Waals surface area (Å²) < 4.78 is 18.4. The minimum Gasteiger partial charge on any atom is -0.490 e. The predicted molar refractivity (Wildman–Crippen MR) is 59.8 cm³/mol. The Morgan fingerprint density at radius 3 is 2.71 bits per heavy atom. The van der Waals surface area contributed by atoms with Crippen LogP contribution in [-0.2, 0) is 9.53 Å². The Hall–Kier alpha value is -1.84. The maximum atomic E-state index is 12.8. The lowest BCUT2D eigenvalue weighted by atomic mass is 10.0. The summed E-state index contributed by atoms with van der Waals surface area (Å²) in [5, 5.41) is 8.75. The third kappa shape index (κ3) is 2.64. The van der Waals surface area contributed by atoms with E-state index >= 15 is 0 Å². The Morgan fingerprint density at radius 1 is 1.47 bits per heavy atom. The standard InChI is InChI=1S/C13H13FO3/c1-8-10(7-13(15)16)6-12(17-8)9-2-4-11(14)5-3-9/h2-5,12H,6-7H2,1H3,(H,15,16)/t12-/m1/s1. The first-order chi connectivity index (χ1) is 8.06. The number of halogens is 1. The Kier molecular flexibility index (Phi) is 3.13. The molecule has 0 amide bonds. The van der Waals surface area contributed by atoms with Crippen LogP contribution in [0.1, 0.15) is 31.4 Å². The van der Waals surface area contributed by atoms with E-state index in [2.05, 4.69) is 0 Å². The van der Waals surface area contributed by atoms with E-state index in [9.17, 15) is 9.18 Å². The number of carboxylic acids is 1. The van der Waals surface area contributed by atoms with Gasteiger partial charge in [-0.2, -0.15) is 0 Å². The lowest BCUT2D eigenvalue weighted by Crippen LogP contribution is -1.99. The van der Waals surface area contributed by atoms with E-state index in [0.29, 0.717) is 12.2 Å². The summed E-state index contributed by atoms with van der Waals surface area (Å²) in [6.45, 7) is 1.77. The lowest BCUT2D eigenvalue weighted by Gasteiger charge is -2.11. The molecule has 17 heavy (non-hydrogen) atoms. The first kappa shape index (κ1) is 11.6. The van der Waals surface area contributed by atoms with Gasteiger partial charge in [0.15, 0.2) is 0 Å². The van der Waals surface area contributed by atoms with Crippen LogP contribution in [0.2, 0.25) is 0 Å². The fourth-order valence-electron chi connectivity index (χ4n) is 1.95. The molecule has 1 aliphatic heterocycles. The Balaban J connectivity index is 2.09. The van der Waals surface area contributed by atoms with E-state index < -0.39 is 5.97 Å². The second-order valence-corrected chi connectivity index (χ2v) is 4.09. The van der Waals surface area contributed by atoms with Crippen molar-refractivity contribution in [1.29, 1.82) is 0 Å². The molecule has 3 nitrogen and oxygen atoms in total. The van der Waals surface area contributed by atoms with Gasteiger partial charge in [0.05, 0.1) is 12.2 Å². The number of hydrogen-bond donors (Lipinski definition) is 1. The van der Waals surface area contributed by atoms with Gasteiger partial charge in [0.25, 0.3) is 0 Å². The Morgan fingerprint density at radius 2 is 2.12 bits per heavy atom. The van der Waals surface area contributed by atoms with Crippen molar-refractivity contribution in [2.24, 2.45) is 0 Å². The average molecular weight is 236 g/mol. The van der Waals surface area contributed by atoms with Crippen molar-refractivity contribution in [3.63, 3.8) is 0 Å². The molecular formula is C13H13FO3. The fourth-order valence-corrected chi connectivity index (χ4v) is 1.95. The van der Waals surface area contributed by atoms with Gasteiger partial charge in [0.2, 0.25) is 0 Å². The summed E-state index contributed by atoms with van der Waals surface area (Å²) in [5.41, 5.74) is 1.66. The zero-order valence-electron chi connectivity index (χ0n) is 9.44. The van der Waals surface area contributed by atoms with E-state index in [-0.39, 0.29) is 18.3 Å². The predicted octanol–water partition coefficient (Wildman–Crippen LogP) is 3.04. The molecular weight excluding hydrogens is 223 g/mol. The minimum atomic E-state index is -0.859. The fraction of sp³-hybridized carbons (Fsp3) is 0.308. The maximum absolute atomic E-state index is 12.8. The van der Waals surface area contributed by atoms with E-state index in [0.717, 1.165) is 11.1 Å². The second-order valence-electron chi connectivity index (χ2n) is 4.09. The molecule has 0 spiro atoms. The molecule has 1 aromatic carbocycles. The molecule has 0 aliphatic carbocycles. The molecule has 1 aromatic rings. The van der Waals surface area contributed by atoms with Gasteiger partial charge < -0.3 is 9.84 Å². The van der Waals surface area contributed by atoms with Crippen molar-refractivity contribution >= 4 is 5.97 Å². The smallest absolute Gasteiger partial charge is 0.307 e. The van der Waals surface area contributed by atoms with E-state index in [1.165, 1.54) is 12.1 Å². The van der Waals surface area contributed by atoms with E-state index in [4.69, 9.17) is 9.84 Å². The van der Waals surface area contributed by atoms with Crippen molar-refractivity contribution in [1.82, 2.24) is 0 Å². The highest BCUT2D eigenvalue weighted by Crippen LogP contribution is 2.37. The number of allylic oxidation sites excluding steroid dienone is 1. The summed E-state index contributed by atoms with van der Waals surface area (Å²) in [4.78, 5) is 10.6. The van der Waals surface area contributed by atoms with Crippen LogP contribution in [0, 0.1) is 5.82 Å². The molecule has 1 heterocycles. The molecule has 4 heteroatoms. The van der Waals surface area contributed by atoms with Gasteiger partial charge in [-0.25, -0.2) is 4.39 Å². The van der Waals surface area contributed by atoms with Gasteiger partial charge in [0, 0.05) is 6.42 Å². The van der Waals surface area contributed by atoms with Crippen molar-refractivity contribution in [2.45, 2.75) is 25.9 Å². The first-order valence-corrected chi connectivity index (χ1v) is 5.39. The van der Waals surface area contributed by atoms with Gasteiger partial charge >= 0.3 is 5.97 Å².